The second kappa shape index (κ2) is 9.36. The minimum Gasteiger partial charge on any atom is -0.385 e. The third-order valence-corrected chi connectivity index (χ3v) is 6.18. The third kappa shape index (κ3) is 5.17. The minimum atomic E-state index is -3.73. The Balaban J connectivity index is 3.08. The standard InChI is InChI=1S/C16H25ClN2O4S/c1-5-19(6-2)24(21,22)15-11-13(7-8-14(15)17)16(20)18-12(3)9-10-23-4/h7-8,11-12H,5-6,9-10H2,1-4H3,(H,18,20). The molecule has 0 spiro atoms. The number of sulfonamides is 1. The molecule has 8 heteroatoms. The summed E-state index contributed by atoms with van der Waals surface area (Å²) in [5, 5.41) is 2.92. The SMILES string of the molecule is CCN(CC)S(=O)(=O)c1cc(C(=O)NC(C)CCOC)ccc1Cl. The van der Waals surface area contributed by atoms with Crippen LogP contribution in [0.4, 0.5) is 0 Å². The van der Waals surface area contributed by atoms with Crippen LogP contribution >= 0.6 is 11.6 Å². The average Bonchev–Trinajstić information content (AvgIpc) is 2.53. The summed E-state index contributed by atoms with van der Waals surface area (Å²) in [6.45, 7) is 6.56. The maximum atomic E-state index is 12.6. The molecule has 1 amide bonds. The summed E-state index contributed by atoms with van der Waals surface area (Å²) in [4.78, 5) is 12.3. The van der Waals surface area contributed by atoms with Crippen molar-refractivity contribution in [2.45, 2.75) is 38.1 Å². The van der Waals surface area contributed by atoms with Crippen LogP contribution in [0.1, 0.15) is 37.6 Å². The molecule has 1 unspecified atom stereocenters. The largest absolute Gasteiger partial charge is 0.385 e. The third-order valence-electron chi connectivity index (χ3n) is 3.65. The van der Waals surface area contributed by atoms with E-state index in [2.05, 4.69) is 5.32 Å². The quantitative estimate of drug-likeness (QED) is 0.718. The first-order valence-corrected chi connectivity index (χ1v) is 9.69. The first-order valence-electron chi connectivity index (χ1n) is 7.87. The van der Waals surface area contributed by atoms with Crippen LogP contribution in [-0.4, -0.2) is 51.5 Å². The zero-order valence-corrected chi connectivity index (χ0v) is 16.1. The summed E-state index contributed by atoms with van der Waals surface area (Å²) in [7, 11) is -2.13. The Hall–Kier alpha value is -1.15. The Morgan fingerprint density at radius 3 is 2.50 bits per heavy atom. The van der Waals surface area contributed by atoms with E-state index in [1.807, 2.05) is 6.92 Å². The van der Waals surface area contributed by atoms with Gasteiger partial charge in [-0.2, -0.15) is 4.31 Å². The molecule has 0 bridgehead atoms. The van der Waals surface area contributed by atoms with Crippen LogP contribution in [0.3, 0.4) is 0 Å². The van der Waals surface area contributed by atoms with Crippen LogP contribution < -0.4 is 5.32 Å². The first-order chi connectivity index (χ1) is 11.3. The molecule has 6 nitrogen and oxygen atoms in total. The van der Waals surface area contributed by atoms with E-state index in [1.54, 1.807) is 21.0 Å². The fourth-order valence-electron chi connectivity index (χ4n) is 2.22. The highest BCUT2D eigenvalue weighted by Gasteiger charge is 2.25. The number of nitrogens with one attached hydrogen (secondary N) is 1. The second-order valence-corrected chi connectivity index (χ2v) is 7.70. The summed E-state index contributed by atoms with van der Waals surface area (Å²) in [5.41, 5.74) is 0.259. The van der Waals surface area contributed by atoms with Gasteiger partial charge < -0.3 is 10.1 Å². The number of carbonyl (C=O) groups is 1. The van der Waals surface area contributed by atoms with E-state index in [1.165, 1.54) is 22.5 Å². The van der Waals surface area contributed by atoms with Crippen LogP contribution in [0.5, 0.6) is 0 Å². The van der Waals surface area contributed by atoms with E-state index in [-0.39, 0.29) is 27.4 Å². The number of nitrogens with zero attached hydrogens (tertiary/aromatic N) is 1. The van der Waals surface area contributed by atoms with Crippen molar-refractivity contribution in [1.29, 1.82) is 0 Å². The van der Waals surface area contributed by atoms with Crippen LogP contribution in [0.15, 0.2) is 23.1 Å². The van der Waals surface area contributed by atoms with E-state index in [0.717, 1.165) is 0 Å². The zero-order chi connectivity index (χ0) is 18.3. The van der Waals surface area contributed by atoms with Crippen molar-refractivity contribution >= 4 is 27.5 Å². The number of methoxy groups -OCH3 is 1. The van der Waals surface area contributed by atoms with Crippen LogP contribution in [0, 0.1) is 0 Å². The lowest BCUT2D eigenvalue weighted by Crippen LogP contribution is -2.34. The van der Waals surface area contributed by atoms with E-state index in [9.17, 15) is 13.2 Å². The Morgan fingerprint density at radius 2 is 1.96 bits per heavy atom. The average molecular weight is 377 g/mol. The number of ether oxygens (including phenoxy) is 1. The molecule has 0 heterocycles. The molecular weight excluding hydrogens is 352 g/mol. The number of hydrogen-bond acceptors (Lipinski definition) is 4. The molecular formula is C16H25ClN2O4S. The highest BCUT2D eigenvalue weighted by molar-refractivity contribution is 7.89. The molecule has 0 aliphatic rings. The number of hydrogen-bond donors (Lipinski definition) is 1. The lowest BCUT2D eigenvalue weighted by molar-refractivity contribution is 0.0929. The zero-order valence-electron chi connectivity index (χ0n) is 14.5. The topological polar surface area (TPSA) is 75.7 Å². The summed E-state index contributed by atoms with van der Waals surface area (Å²) in [6, 6.07) is 4.19. The van der Waals surface area contributed by atoms with E-state index >= 15 is 0 Å². The van der Waals surface area contributed by atoms with Gasteiger partial charge in [-0.15, -0.1) is 0 Å². The molecule has 0 aliphatic carbocycles. The molecule has 1 atom stereocenters. The maximum absolute atomic E-state index is 12.6. The molecule has 0 aliphatic heterocycles. The van der Waals surface area contributed by atoms with Crippen LogP contribution in [0.2, 0.25) is 5.02 Å². The number of halogens is 1. The Kier molecular flexibility index (Phi) is 8.15. The van der Waals surface area contributed by atoms with Gasteiger partial charge in [0.25, 0.3) is 5.91 Å². The van der Waals surface area contributed by atoms with E-state index < -0.39 is 10.0 Å². The number of rotatable bonds is 9. The molecule has 1 N–H and O–H groups in total. The number of benzene rings is 1. The van der Waals surface area contributed by atoms with Gasteiger partial charge in [0, 0.05) is 38.4 Å². The van der Waals surface area contributed by atoms with Crippen molar-refractivity contribution in [2.75, 3.05) is 26.8 Å². The first kappa shape index (κ1) is 20.9. The van der Waals surface area contributed by atoms with Crippen LogP contribution in [-0.2, 0) is 14.8 Å². The molecule has 0 saturated carbocycles. The summed E-state index contributed by atoms with van der Waals surface area (Å²) in [5.74, 6) is -0.341. The Bertz CT molecular complexity index is 660. The molecule has 0 saturated heterocycles. The van der Waals surface area contributed by atoms with E-state index in [4.69, 9.17) is 16.3 Å². The van der Waals surface area contributed by atoms with Crippen molar-refractivity contribution in [2.24, 2.45) is 0 Å². The number of amides is 1. The van der Waals surface area contributed by atoms with Gasteiger partial charge in [-0.25, -0.2) is 8.42 Å². The van der Waals surface area contributed by atoms with Gasteiger partial charge in [0.15, 0.2) is 0 Å². The predicted octanol–water partition coefficient (Wildman–Crippen LogP) is 2.53. The lowest BCUT2D eigenvalue weighted by Gasteiger charge is -2.20. The predicted molar refractivity (Wildman–Crippen MR) is 95.0 cm³/mol. The van der Waals surface area contributed by atoms with Crippen molar-refractivity contribution in [3.8, 4) is 0 Å². The fraction of sp³-hybridized carbons (Fsp3) is 0.562. The molecule has 0 aromatic heterocycles. The lowest BCUT2D eigenvalue weighted by atomic mass is 10.2. The Labute approximate surface area is 149 Å². The normalized spacial score (nSPS) is 13.1. The van der Waals surface area contributed by atoms with Crippen molar-refractivity contribution in [3.05, 3.63) is 28.8 Å². The number of carbonyl (C=O) groups excluding carboxylic acids is 1. The molecule has 0 radical (unpaired) electrons. The molecule has 24 heavy (non-hydrogen) atoms. The molecule has 0 fully saturated rings. The van der Waals surface area contributed by atoms with Crippen LogP contribution in [0.25, 0.3) is 0 Å². The summed E-state index contributed by atoms with van der Waals surface area (Å²) in [6.07, 6.45) is 0.667. The van der Waals surface area contributed by atoms with Gasteiger partial charge in [-0.1, -0.05) is 25.4 Å². The van der Waals surface area contributed by atoms with Gasteiger partial charge in [-0.05, 0) is 31.5 Å². The van der Waals surface area contributed by atoms with Crippen molar-refractivity contribution < 1.29 is 17.9 Å². The molecule has 1 aromatic rings. The highest BCUT2D eigenvalue weighted by atomic mass is 35.5. The van der Waals surface area contributed by atoms with Gasteiger partial charge in [0.05, 0.1) is 5.02 Å². The Morgan fingerprint density at radius 1 is 1.33 bits per heavy atom. The summed E-state index contributed by atoms with van der Waals surface area (Å²) >= 11 is 6.06. The van der Waals surface area contributed by atoms with Gasteiger partial charge in [-0.3, -0.25) is 4.79 Å². The van der Waals surface area contributed by atoms with Gasteiger partial charge in [0.1, 0.15) is 4.90 Å². The van der Waals surface area contributed by atoms with Gasteiger partial charge in [0.2, 0.25) is 10.0 Å². The molecule has 1 aromatic carbocycles. The van der Waals surface area contributed by atoms with Crippen molar-refractivity contribution in [1.82, 2.24) is 9.62 Å². The fourth-order valence-corrected chi connectivity index (χ4v) is 4.18. The summed E-state index contributed by atoms with van der Waals surface area (Å²) < 4.78 is 31.6. The second-order valence-electron chi connectivity index (χ2n) is 5.39. The van der Waals surface area contributed by atoms with Gasteiger partial charge >= 0.3 is 0 Å². The monoisotopic (exact) mass is 376 g/mol. The minimum absolute atomic E-state index is 0.0509. The molecule has 1 rings (SSSR count). The van der Waals surface area contributed by atoms with Crippen molar-refractivity contribution in [3.63, 3.8) is 0 Å². The molecule has 136 valence electrons. The highest BCUT2D eigenvalue weighted by Crippen LogP contribution is 2.26. The maximum Gasteiger partial charge on any atom is 0.251 e. The van der Waals surface area contributed by atoms with E-state index in [0.29, 0.717) is 26.1 Å². The smallest absolute Gasteiger partial charge is 0.251 e.